The van der Waals surface area contributed by atoms with Crippen molar-refractivity contribution in [1.29, 1.82) is 0 Å². The zero-order valence-electron chi connectivity index (χ0n) is 44.6. The van der Waals surface area contributed by atoms with E-state index in [1.165, 1.54) is 0 Å². The molecule has 0 fully saturated rings. The first kappa shape index (κ1) is 57.1. The molecule has 69 heavy (non-hydrogen) atoms. The molecule has 6 aromatic carbocycles. The van der Waals surface area contributed by atoms with Gasteiger partial charge in [-0.15, -0.1) is 0 Å². The predicted molar refractivity (Wildman–Crippen MR) is 292 cm³/mol. The monoisotopic (exact) mass is 1020 g/mol. The second-order valence-electron chi connectivity index (χ2n) is 20.3. The van der Waals surface area contributed by atoms with Gasteiger partial charge in [-0.25, -0.2) is 0 Å². The fourth-order valence-electron chi connectivity index (χ4n) is 7.91. The molecule has 0 N–H and O–H groups in total. The Morgan fingerprint density at radius 3 is 0.493 bits per heavy atom. The van der Waals surface area contributed by atoms with Gasteiger partial charge in [0.05, 0.1) is 0 Å². The molecule has 0 heterocycles. The van der Waals surface area contributed by atoms with Crippen molar-refractivity contribution in [3.63, 3.8) is 0 Å². The summed E-state index contributed by atoms with van der Waals surface area (Å²) in [5.74, 6) is 6.98. The van der Waals surface area contributed by atoms with Crippen LogP contribution >= 0.6 is 17.2 Å². The van der Waals surface area contributed by atoms with Gasteiger partial charge in [-0.2, -0.15) is 0 Å². The van der Waals surface area contributed by atoms with E-state index in [1.54, 1.807) is 0 Å². The first-order chi connectivity index (χ1) is 32.1. The Kier molecular flexibility index (Phi) is 21.6. The van der Waals surface area contributed by atoms with E-state index in [-0.39, 0.29) is 16.5 Å². The Bertz CT molecular complexity index is 2140. The van der Waals surface area contributed by atoms with Gasteiger partial charge in [0, 0.05) is 49.9 Å². The second-order valence-corrected chi connectivity index (χ2v) is 22.5. The van der Waals surface area contributed by atoms with Crippen LogP contribution in [0.2, 0.25) is 0 Å². The van der Waals surface area contributed by atoms with E-state index in [0.29, 0.717) is 35.5 Å². The third-order valence-corrected chi connectivity index (χ3v) is 14.2. The van der Waals surface area contributed by atoms with Crippen LogP contribution in [-0.2, 0) is 16.5 Å². The molecular weight excluding hydrogens is 937 g/mol. The molecule has 0 aliphatic heterocycles. The van der Waals surface area contributed by atoms with Crippen molar-refractivity contribution in [1.82, 2.24) is 0 Å². The normalized spacial score (nSPS) is 11.4. The second kappa shape index (κ2) is 26.1. The molecular formula is C60H80NiO6P2+2. The Morgan fingerprint density at radius 2 is 0.377 bits per heavy atom. The molecule has 6 aromatic rings. The van der Waals surface area contributed by atoms with Gasteiger partial charge in [0.15, 0.2) is 34.5 Å². The van der Waals surface area contributed by atoms with Gasteiger partial charge in [-0.3, -0.25) is 27.1 Å². The standard InChI is InChI=1S/2C30H40O3P.Ni/c2*1-19(2)25-13-10-22(7)16-28(25)31-34(32-29-17-23(8)11-14-26(29)20(3)4)33-30-18-24(9)12-15-27(30)21(5)6;/h2*10-21,34H,1-9H3;/q2*+1;. The third kappa shape index (κ3) is 16.3. The van der Waals surface area contributed by atoms with Crippen molar-refractivity contribution in [3.05, 3.63) is 176 Å². The largest absolute Gasteiger partial charge is 0.528 e. The van der Waals surface area contributed by atoms with Crippen LogP contribution in [0.15, 0.2) is 109 Å². The average molecular weight is 1020 g/mol. The van der Waals surface area contributed by atoms with Crippen LogP contribution in [0.4, 0.5) is 0 Å². The Balaban J connectivity index is 0.000000296. The number of aryl methyl sites for hydroxylation is 6. The zero-order chi connectivity index (χ0) is 50.0. The summed E-state index contributed by atoms with van der Waals surface area (Å²) in [6.45, 7) is 38.7. The summed E-state index contributed by atoms with van der Waals surface area (Å²) in [5, 5.41) is 0. The molecule has 0 bridgehead atoms. The third-order valence-electron chi connectivity index (χ3n) is 11.9. The number of hydrogen-bond donors (Lipinski definition) is 0. The van der Waals surface area contributed by atoms with Crippen LogP contribution < -0.4 is 27.1 Å². The Morgan fingerprint density at radius 1 is 0.246 bits per heavy atom. The van der Waals surface area contributed by atoms with Crippen LogP contribution in [0.5, 0.6) is 34.5 Å². The van der Waals surface area contributed by atoms with E-state index in [2.05, 4.69) is 234 Å². The van der Waals surface area contributed by atoms with Crippen molar-refractivity contribution >= 4 is 17.2 Å². The van der Waals surface area contributed by atoms with Crippen LogP contribution in [0.1, 0.15) is 185 Å². The van der Waals surface area contributed by atoms with Crippen molar-refractivity contribution in [2.75, 3.05) is 0 Å². The predicted octanol–water partition coefficient (Wildman–Crippen LogP) is 19.0. The first-order valence-corrected chi connectivity index (χ1v) is 27.0. The van der Waals surface area contributed by atoms with E-state index in [0.717, 1.165) is 101 Å². The van der Waals surface area contributed by atoms with Crippen molar-refractivity contribution in [2.24, 2.45) is 0 Å². The molecule has 0 radical (unpaired) electrons. The molecule has 0 aromatic heterocycles. The maximum absolute atomic E-state index is 6.60. The minimum absolute atomic E-state index is 0. The quantitative estimate of drug-likeness (QED) is 0.0632. The van der Waals surface area contributed by atoms with E-state index in [9.17, 15) is 0 Å². The maximum Gasteiger partial charge on any atom is 0.528 e. The van der Waals surface area contributed by atoms with Gasteiger partial charge in [0.25, 0.3) is 0 Å². The Hall–Kier alpha value is -4.53. The summed E-state index contributed by atoms with van der Waals surface area (Å²) in [6.07, 6.45) is 0. The number of benzene rings is 6. The Labute approximate surface area is 429 Å². The maximum atomic E-state index is 6.60. The molecule has 0 aliphatic rings. The molecule has 6 nitrogen and oxygen atoms in total. The van der Waals surface area contributed by atoms with E-state index < -0.39 is 17.2 Å². The summed E-state index contributed by atoms with van der Waals surface area (Å²) >= 11 is 0. The van der Waals surface area contributed by atoms with Gasteiger partial charge in [-0.1, -0.05) is 156 Å². The molecule has 0 spiro atoms. The van der Waals surface area contributed by atoms with Gasteiger partial charge in [0.2, 0.25) is 0 Å². The average Bonchev–Trinajstić information content (AvgIpc) is 3.23. The van der Waals surface area contributed by atoms with Gasteiger partial charge in [-0.05, 0) is 147 Å². The topological polar surface area (TPSA) is 55.4 Å². The molecule has 0 amide bonds. The van der Waals surface area contributed by atoms with Gasteiger partial charge in [0.1, 0.15) is 0 Å². The van der Waals surface area contributed by atoms with Crippen LogP contribution in [0.3, 0.4) is 0 Å². The first-order valence-electron chi connectivity index (χ1n) is 24.5. The summed E-state index contributed by atoms with van der Waals surface area (Å²) in [7, 11) is -4.43. The summed E-state index contributed by atoms with van der Waals surface area (Å²) in [5.41, 5.74) is 13.8. The van der Waals surface area contributed by atoms with E-state index in [1.807, 2.05) is 0 Å². The zero-order valence-corrected chi connectivity index (χ0v) is 47.6. The molecule has 0 saturated carbocycles. The number of hydrogen-bond acceptors (Lipinski definition) is 6. The van der Waals surface area contributed by atoms with Gasteiger partial charge >= 0.3 is 17.2 Å². The molecule has 0 aliphatic carbocycles. The van der Waals surface area contributed by atoms with Gasteiger partial charge < -0.3 is 0 Å². The smallest absolute Gasteiger partial charge is 0.273 e. The van der Waals surface area contributed by atoms with E-state index in [4.69, 9.17) is 27.1 Å². The minimum atomic E-state index is -2.22. The molecule has 374 valence electrons. The fraction of sp³-hybridized carbons (Fsp3) is 0.400. The number of rotatable bonds is 18. The summed E-state index contributed by atoms with van der Waals surface area (Å²) in [4.78, 5) is 0. The van der Waals surface area contributed by atoms with Crippen molar-refractivity contribution < 1.29 is 43.6 Å². The van der Waals surface area contributed by atoms with Crippen LogP contribution in [0, 0.1) is 41.5 Å². The van der Waals surface area contributed by atoms with Crippen LogP contribution in [-0.4, -0.2) is 0 Å². The molecule has 6 rings (SSSR count). The molecule has 0 unspecified atom stereocenters. The SMILES string of the molecule is Cc1ccc(C(C)C)c(O[PH+](Oc2cc(C)ccc2C(C)C)Oc2cc(C)ccc2C(C)C)c1.Cc1ccc(C(C)C)c(O[PH+](Oc2cc(C)ccc2C(C)C)Oc2cc(C)ccc2C(C)C)c1.[Ni]. The molecule has 0 atom stereocenters. The molecule has 9 heteroatoms. The minimum Gasteiger partial charge on any atom is -0.273 e. The van der Waals surface area contributed by atoms with Crippen molar-refractivity contribution in [2.45, 2.75) is 160 Å². The summed E-state index contributed by atoms with van der Waals surface area (Å²) < 4.78 is 39.6. The van der Waals surface area contributed by atoms with Crippen molar-refractivity contribution in [3.8, 4) is 34.5 Å². The van der Waals surface area contributed by atoms with Crippen LogP contribution in [0.25, 0.3) is 0 Å². The summed E-state index contributed by atoms with van der Waals surface area (Å²) in [6, 6.07) is 38.2. The fourth-order valence-corrected chi connectivity index (χ4v) is 10.3. The molecule has 0 saturated heterocycles. The van der Waals surface area contributed by atoms with E-state index >= 15 is 0 Å².